The molecule has 0 aliphatic carbocycles. The van der Waals surface area contributed by atoms with Gasteiger partial charge in [0.1, 0.15) is 0 Å². The van der Waals surface area contributed by atoms with Gasteiger partial charge in [-0.1, -0.05) is 0 Å². The Balaban J connectivity index is 1.69. The summed E-state index contributed by atoms with van der Waals surface area (Å²) in [5.41, 5.74) is 1.29. The maximum absolute atomic E-state index is 4.15. The van der Waals surface area contributed by atoms with Gasteiger partial charge in [0.2, 0.25) is 0 Å². The molecule has 2 rings (SSSR count). The molecule has 2 heterocycles. The summed E-state index contributed by atoms with van der Waals surface area (Å²) >= 11 is 1.86. The molecule has 2 aromatic rings. The minimum absolute atomic E-state index is 0.971. The van der Waals surface area contributed by atoms with Crippen LogP contribution in [-0.4, -0.2) is 16.3 Å². The normalized spacial score (nSPS) is 10.9. The number of hydrogen-bond acceptors (Lipinski definition) is 3. The van der Waals surface area contributed by atoms with Crippen LogP contribution in [0.3, 0.4) is 0 Å². The number of thiophene rings is 1. The van der Waals surface area contributed by atoms with E-state index in [0.717, 1.165) is 19.5 Å². The molecule has 2 aromatic heterocycles. The van der Waals surface area contributed by atoms with E-state index in [-0.39, 0.29) is 0 Å². The summed E-state index contributed by atoms with van der Waals surface area (Å²) in [5, 5.41) is 7.59. The second-order valence-electron chi connectivity index (χ2n) is 3.96. The summed E-state index contributed by atoms with van der Waals surface area (Å²) in [5.74, 6) is 0. The number of nitrogens with zero attached hydrogens (tertiary/aromatic N) is 2. The van der Waals surface area contributed by atoms with E-state index >= 15 is 0 Å². The molecule has 4 heteroatoms. The second-order valence-corrected chi connectivity index (χ2v) is 5.33. The summed E-state index contributed by atoms with van der Waals surface area (Å²) in [7, 11) is 1.95. The van der Waals surface area contributed by atoms with Crippen LogP contribution in [0, 0.1) is 6.92 Å². The zero-order valence-corrected chi connectivity index (χ0v) is 10.5. The van der Waals surface area contributed by atoms with E-state index in [1.54, 1.807) is 0 Å². The van der Waals surface area contributed by atoms with Crippen molar-refractivity contribution in [3.8, 4) is 0 Å². The summed E-state index contributed by atoms with van der Waals surface area (Å²) in [6, 6.07) is 4.36. The topological polar surface area (TPSA) is 29.9 Å². The zero-order valence-electron chi connectivity index (χ0n) is 9.73. The Morgan fingerprint density at radius 2 is 2.31 bits per heavy atom. The van der Waals surface area contributed by atoms with E-state index in [2.05, 4.69) is 35.7 Å². The van der Waals surface area contributed by atoms with Gasteiger partial charge in [-0.3, -0.25) is 4.68 Å². The van der Waals surface area contributed by atoms with Gasteiger partial charge in [0.05, 0.1) is 6.20 Å². The molecule has 0 spiro atoms. The van der Waals surface area contributed by atoms with Crippen LogP contribution in [0.2, 0.25) is 0 Å². The van der Waals surface area contributed by atoms with Gasteiger partial charge in [0.25, 0.3) is 0 Å². The van der Waals surface area contributed by atoms with Crippen LogP contribution in [0.1, 0.15) is 15.3 Å². The molecule has 1 N–H and O–H groups in total. The monoisotopic (exact) mass is 235 g/mol. The molecule has 0 radical (unpaired) electrons. The van der Waals surface area contributed by atoms with Crippen molar-refractivity contribution >= 4 is 11.3 Å². The summed E-state index contributed by atoms with van der Waals surface area (Å²) in [4.78, 5) is 2.78. The van der Waals surface area contributed by atoms with Crippen molar-refractivity contribution in [1.82, 2.24) is 15.1 Å². The van der Waals surface area contributed by atoms with Gasteiger partial charge in [-0.15, -0.1) is 11.3 Å². The molecule has 0 aliphatic rings. The van der Waals surface area contributed by atoms with Gasteiger partial charge in [0.15, 0.2) is 0 Å². The Morgan fingerprint density at radius 3 is 2.94 bits per heavy atom. The molecule has 0 unspecified atom stereocenters. The highest BCUT2D eigenvalue weighted by atomic mass is 32.1. The maximum atomic E-state index is 4.15. The first-order valence-corrected chi connectivity index (χ1v) is 6.29. The molecule has 0 saturated carbocycles. The lowest BCUT2D eigenvalue weighted by Crippen LogP contribution is -2.15. The largest absolute Gasteiger partial charge is 0.312 e. The van der Waals surface area contributed by atoms with Crippen molar-refractivity contribution in [3.63, 3.8) is 0 Å². The average Bonchev–Trinajstić information content (AvgIpc) is 2.83. The molecule has 16 heavy (non-hydrogen) atoms. The molecule has 0 atom stereocenters. The van der Waals surface area contributed by atoms with Crippen LogP contribution in [0.15, 0.2) is 24.5 Å². The quantitative estimate of drug-likeness (QED) is 0.805. The van der Waals surface area contributed by atoms with Crippen molar-refractivity contribution in [1.29, 1.82) is 0 Å². The van der Waals surface area contributed by atoms with Crippen LogP contribution in [0.25, 0.3) is 0 Å². The Bertz CT molecular complexity index is 402. The minimum Gasteiger partial charge on any atom is -0.312 e. The number of aryl methyl sites for hydroxylation is 2. The van der Waals surface area contributed by atoms with Gasteiger partial charge in [0, 0.05) is 29.5 Å². The summed E-state index contributed by atoms with van der Waals surface area (Å²) in [6.45, 7) is 4.12. The predicted molar refractivity (Wildman–Crippen MR) is 67.7 cm³/mol. The van der Waals surface area contributed by atoms with E-state index < -0.39 is 0 Å². The second kappa shape index (κ2) is 5.27. The fourth-order valence-corrected chi connectivity index (χ4v) is 2.49. The first-order valence-electron chi connectivity index (χ1n) is 5.47. The lowest BCUT2D eigenvalue weighted by molar-refractivity contribution is 0.693. The van der Waals surface area contributed by atoms with E-state index in [4.69, 9.17) is 0 Å². The minimum atomic E-state index is 0.971. The highest BCUT2D eigenvalue weighted by Crippen LogP contribution is 2.14. The van der Waals surface area contributed by atoms with Crippen LogP contribution >= 0.6 is 11.3 Å². The predicted octanol–water partition coefficient (Wildman–Crippen LogP) is 2.12. The third-order valence-electron chi connectivity index (χ3n) is 2.44. The molecule has 3 nitrogen and oxygen atoms in total. The van der Waals surface area contributed by atoms with Gasteiger partial charge >= 0.3 is 0 Å². The average molecular weight is 235 g/mol. The maximum Gasteiger partial charge on any atom is 0.0522 e. The molecule has 0 saturated heterocycles. The lowest BCUT2D eigenvalue weighted by atomic mass is 10.2. The van der Waals surface area contributed by atoms with Crippen LogP contribution < -0.4 is 5.32 Å². The van der Waals surface area contributed by atoms with E-state index in [1.165, 1.54) is 15.3 Å². The van der Waals surface area contributed by atoms with Crippen LogP contribution in [0.4, 0.5) is 0 Å². The molecule has 0 bridgehead atoms. The van der Waals surface area contributed by atoms with Crippen LogP contribution in [0.5, 0.6) is 0 Å². The van der Waals surface area contributed by atoms with Crippen LogP contribution in [-0.2, 0) is 20.0 Å². The third kappa shape index (κ3) is 3.18. The molecule has 0 aliphatic heterocycles. The number of hydrogen-bond donors (Lipinski definition) is 1. The summed E-state index contributed by atoms with van der Waals surface area (Å²) < 4.78 is 1.85. The molecule has 0 aromatic carbocycles. The molecule has 0 fully saturated rings. The fraction of sp³-hybridized carbons (Fsp3) is 0.417. The van der Waals surface area contributed by atoms with Crippen molar-refractivity contribution in [2.24, 2.45) is 7.05 Å². The Hall–Kier alpha value is -1.13. The first kappa shape index (κ1) is 11.4. The standard InChI is InChI=1S/C12H17N3S/c1-10-3-4-12(16-10)8-13-6-5-11-7-14-15(2)9-11/h3-4,7,9,13H,5-6,8H2,1-2H3. The number of aromatic nitrogens is 2. The van der Waals surface area contributed by atoms with Crippen molar-refractivity contribution < 1.29 is 0 Å². The molecule has 0 amide bonds. The number of rotatable bonds is 5. The molecular weight excluding hydrogens is 218 g/mol. The first-order chi connectivity index (χ1) is 7.74. The van der Waals surface area contributed by atoms with Gasteiger partial charge in [-0.05, 0) is 37.6 Å². The highest BCUT2D eigenvalue weighted by molar-refractivity contribution is 7.11. The van der Waals surface area contributed by atoms with Crippen molar-refractivity contribution in [2.45, 2.75) is 19.9 Å². The molecular formula is C12H17N3S. The molecule has 86 valence electrons. The van der Waals surface area contributed by atoms with Crippen molar-refractivity contribution in [3.05, 3.63) is 39.8 Å². The Kier molecular flexibility index (Phi) is 3.74. The summed E-state index contributed by atoms with van der Waals surface area (Å²) in [6.07, 6.45) is 5.03. The smallest absolute Gasteiger partial charge is 0.0522 e. The Labute approximate surface area is 100 Å². The van der Waals surface area contributed by atoms with E-state index in [0.29, 0.717) is 0 Å². The fourth-order valence-electron chi connectivity index (χ4n) is 1.63. The SMILES string of the molecule is Cc1ccc(CNCCc2cnn(C)c2)s1. The Morgan fingerprint density at radius 1 is 1.44 bits per heavy atom. The number of nitrogens with one attached hydrogen (secondary N) is 1. The zero-order chi connectivity index (χ0) is 11.4. The lowest BCUT2D eigenvalue weighted by Gasteiger charge is -2.00. The van der Waals surface area contributed by atoms with E-state index in [9.17, 15) is 0 Å². The van der Waals surface area contributed by atoms with Crippen molar-refractivity contribution in [2.75, 3.05) is 6.54 Å². The van der Waals surface area contributed by atoms with Gasteiger partial charge in [-0.25, -0.2) is 0 Å². The highest BCUT2D eigenvalue weighted by Gasteiger charge is 1.98. The van der Waals surface area contributed by atoms with Gasteiger partial charge < -0.3 is 5.32 Å². The van der Waals surface area contributed by atoms with E-state index in [1.807, 2.05) is 29.3 Å². The third-order valence-corrected chi connectivity index (χ3v) is 3.44. The van der Waals surface area contributed by atoms with Gasteiger partial charge in [-0.2, -0.15) is 5.10 Å².